The van der Waals surface area contributed by atoms with Crippen molar-refractivity contribution in [3.63, 3.8) is 0 Å². The predicted octanol–water partition coefficient (Wildman–Crippen LogP) is 2.62. The lowest BCUT2D eigenvalue weighted by Crippen LogP contribution is -2.17. The molecule has 1 aliphatic rings. The maximum absolute atomic E-state index is 5.40. The van der Waals surface area contributed by atoms with E-state index in [1.54, 1.807) is 0 Å². The number of rotatable bonds is 3. The van der Waals surface area contributed by atoms with E-state index in [0.29, 0.717) is 12.2 Å². The van der Waals surface area contributed by atoms with Crippen molar-refractivity contribution in [1.82, 2.24) is 0 Å². The lowest BCUT2D eigenvalue weighted by molar-refractivity contribution is -0.00761. The Morgan fingerprint density at radius 1 is 1.42 bits per heavy atom. The van der Waals surface area contributed by atoms with Gasteiger partial charge in [-0.15, -0.1) is 0 Å². The third kappa shape index (κ3) is 5.56. The van der Waals surface area contributed by atoms with E-state index in [-0.39, 0.29) is 0 Å². The van der Waals surface area contributed by atoms with Crippen LogP contribution in [0.2, 0.25) is 0 Å². The van der Waals surface area contributed by atoms with E-state index in [1.165, 1.54) is 12.8 Å². The Hall–Kier alpha value is -0.0800. The zero-order valence-electron chi connectivity index (χ0n) is 8.80. The van der Waals surface area contributed by atoms with Crippen molar-refractivity contribution in [3.8, 4) is 0 Å². The van der Waals surface area contributed by atoms with Crippen LogP contribution in [0, 0.1) is 0 Å². The summed E-state index contributed by atoms with van der Waals surface area (Å²) in [5.41, 5.74) is 0. The summed E-state index contributed by atoms with van der Waals surface area (Å²) in [6.07, 6.45) is 3.09. The number of hydrogen-bond donors (Lipinski definition) is 0. The smallest absolute Gasteiger partial charge is 0.0809 e. The van der Waals surface area contributed by atoms with Gasteiger partial charge in [-0.1, -0.05) is 13.8 Å². The highest BCUT2D eigenvalue weighted by atomic mass is 16.5. The molecule has 0 amide bonds. The summed E-state index contributed by atoms with van der Waals surface area (Å²) in [4.78, 5) is 0. The molecule has 1 heterocycles. The van der Waals surface area contributed by atoms with Gasteiger partial charge < -0.3 is 9.47 Å². The molecule has 1 atom stereocenters. The fourth-order valence-electron chi connectivity index (χ4n) is 1.08. The van der Waals surface area contributed by atoms with Crippen molar-refractivity contribution in [1.29, 1.82) is 0 Å². The Morgan fingerprint density at radius 2 is 2.08 bits per heavy atom. The van der Waals surface area contributed by atoms with Crippen LogP contribution < -0.4 is 0 Å². The van der Waals surface area contributed by atoms with Crippen molar-refractivity contribution in [2.24, 2.45) is 0 Å². The van der Waals surface area contributed by atoms with Crippen LogP contribution in [0.25, 0.3) is 0 Å². The van der Waals surface area contributed by atoms with Gasteiger partial charge in [0.05, 0.1) is 18.8 Å². The van der Waals surface area contributed by atoms with E-state index in [9.17, 15) is 0 Å². The maximum Gasteiger partial charge on any atom is 0.0809 e. The molecule has 0 aromatic carbocycles. The normalized spacial score (nSPS) is 22.2. The minimum Gasteiger partial charge on any atom is -0.376 e. The zero-order chi connectivity index (χ0) is 9.40. The molecule has 0 aliphatic carbocycles. The third-order valence-corrected chi connectivity index (χ3v) is 1.64. The minimum absolute atomic E-state index is 0.337. The van der Waals surface area contributed by atoms with Crippen molar-refractivity contribution in [2.45, 2.75) is 52.7 Å². The highest BCUT2D eigenvalue weighted by molar-refractivity contribution is 4.63. The topological polar surface area (TPSA) is 18.5 Å². The van der Waals surface area contributed by atoms with Gasteiger partial charge in [-0.25, -0.2) is 0 Å². The number of hydrogen-bond acceptors (Lipinski definition) is 2. The molecule has 12 heavy (non-hydrogen) atoms. The molecule has 0 spiro atoms. The van der Waals surface area contributed by atoms with Crippen LogP contribution in [-0.2, 0) is 9.47 Å². The van der Waals surface area contributed by atoms with Gasteiger partial charge in [0.1, 0.15) is 0 Å². The Kier molecular flexibility index (Phi) is 7.51. The molecule has 1 saturated heterocycles. The van der Waals surface area contributed by atoms with Gasteiger partial charge in [0, 0.05) is 6.61 Å². The average molecular weight is 174 g/mol. The van der Waals surface area contributed by atoms with E-state index in [1.807, 2.05) is 13.8 Å². The molecule has 1 aliphatic heterocycles. The van der Waals surface area contributed by atoms with Crippen LogP contribution in [0.3, 0.4) is 0 Å². The number of ether oxygens (including phenoxy) is 2. The van der Waals surface area contributed by atoms with Gasteiger partial charge in [-0.2, -0.15) is 0 Å². The van der Waals surface area contributed by atoms with E-state index in [4.69, 9.17) is 9.47 Å². The van der Waals surface area contributed by atoms with Crippen molar-refractivity contribution < 1.29 is 9.47 Å². The highest BCUT2D eigenvalue weighted by Crippen LogP contribution is 2.12. The summed E-state index contributed by atoms with van der Waals surface area (Å²) in [5, 5.41) is 0. The molecule has 1 unspecified atom stereocenters. The molecule has 0 N–H and O–H groups in total. The van der Waals surface area contributed by atoms with Crippen molar-refractivity contribution in [3.05, 3.63) is 0 Å². The molecular weight excluding hydrogens is 152 g/mol. The van der Waals surface area contributed by atoms with Crippen molar-refractivity contribution >= 4 is 0 Å². The molecule has 1 rings (SSSR count). The SMILES string of the molecule is CC.CC(C)OCC1CCCO1. The van der Waals surface area contributed by atoms with Gasteiger partial charge >= 0.3 is 0 Å². The second-order valence-electron chi connectivity index (χ2n) is 3.02. The van der Waals surface area contributed by atoms with Crippen LogP contribution >= 0.6 is 0 Å². The monoisotopic (exact) mass is 174 g/mol. The summed E-state index contributed by atoms with van der Waals surface area (Å²) in [6, 6.07) is 0. The van der Waals surface area contributed by atoms with Crippen LogP contribution in [0.1, 0.15) is 40.5 Å². The Balaban J connectivity index is 0.000000561. The van der Waals surface area contributed by atoms with E-state index >= 15 is 0 Å². The Labute approximate surface area is 76.3 Å². The van der Waals surface area contributed by atoms with Gasteiger partial charge in [0.25, 0.3) is 0 Å². The molecule has 1 fully saturated rings. The molecule has 2 heteroatoms. The molecule has 0 bridgehead atoms. The van der Waals surface area contributed by atoms with Gasteiger partial charge in [-0.3, -0.25) is 0 Å². The summed E-state index contributed by atoms with van der Waals surface area (Å²) in [5.74, 6) is 0. The average Bonchev–Trinajstić information content (AvgIpc) is 2.56. The van der Waals surface area contributed by atoms with E-state index in [2.05, 4.69) is 13.8 Å². The van der Waals surface area contributed by atoms with Gasteiger partial charge in [0.15, 0.2) is 0 Å². The predicted molar refractivity (Wildman–Crippen MR) is 51.4 cm³/mol. The van der Waals surface area contributed by atoms with E-state index in [0.717, 1.165) is 13.2 Å². The first kappa shape index (κ1) is 11.9. The molecule has 0 saturated carbocycles. The Bertz CT molecular complexity index is 85.8. The first-order chi connectivity index (χ1) is 5.79. The Morgan fingerprint density at radius 3 is 2.50 bits per heavy atom. The quantitative estimate of drug-likeness (QED) is 0.655. The standard InChI is InChI=1S/C8H16O2.C2H6/c1-7(2)10-6-8-4-3-5-9-8;1-2/h7-8H,3-6H2,1-2H3;1-2H3. The van der Waals surface area contributed by atoms with Crippen LogP contribution in [0.15, 0.2) is 0 Å². The van der Waals surface area contributed by atoms with Gasteiger partial charge in [0.2, 0.25) is 0 Å². The molecule has 0 aromatic rings. The molecule has 0 aromatic heterocycles. The highest BCUT2D eigenvalue weighted by Gasteiger charge is 2.15. The first-order valence-corrected chi connectivity index (χ1v) is 5.02. The largest absolute Gasteiger partial charge is 0.376 e. The summed E-state index contributed by atoms with van der Waals surface area (Å²) >= 11 is 0. The summed E-state index contributed by atoms with van der Waals surface area (Å²) in [6.45, 7) is 9.80. The van der Waals surface area contributed by atoms with Gasteiger partial charge in [-0.05, 0) is 26.7 Å². The first-order valence-electron chi connectivity index (χ1n) is 5.02. The fraction of sp³-hybridized carbons (Fsp3) is 1.00. The summed E-state index contributed by atoms with van der Waals surface area (Å²) in [7, 11) is 0. The second kappa shape index (κ2) is 7.56. The summed E-state index contributed by atoms with van der Waals surface area (Å²) < 4.78 is 10.8. The van der Waals surface area contributed by atoms with E-state index < -0.39 is 0 Å². The maximum atomic E-state index is 5.40. The minimum atomic E-state index is 0.337. The van der Waals surface area contributed by atoms with Crippen LogP contribution in [-0.4, -0.2) is 25.4 Å². The molecule has 0 radical (unpaired) electrons. The molecule has 2 nitrogen and oxygen atoms in total. The lowest BCUT2D eigenvalue weighted by atomic mass is 10.2. The van der Waals surface area contributed by atoms with Crippen LogP contribution in [0.5, 0.6) is 0 Å². The second-order valence-corrected chi connectivity index (χ2v) is 3.02. The van der Waals surface area contributed by atoms with Crippen molar-refractivity contribution in [2.75, 3.05) is 13.2 Å². The fourth-order valence-corrected chi connectivity index (χ4v) is 1.08. The van der Waals surface area contributed by atoms with Crippen LogP contribution in [0.4, 0.5) is 0 Å². The third-order valence-electron chi connectivity index (χ3n) is 1.64. The molecular formula is C10H22O2. The lowest BCUT2D eigenvalue weighted by Gasteiger charge is -2.11. The molecule has 74 valence electrons. The zero-order valence-corrected chi connectivity index (χ0v) is 8.80.